The van der Waals surface area contributed by atoms with E-state index in [1.165, 1.54) is 0 Å². The van der Waals surface area contributed by atoms with E-state index in [-0.39, 0.29) is 6.10 Å². The van der Waals surface area contributed by atoms with E-state index in [0.29, 0.717) is 0 Å². The maximum absolute atomic E-state index is 5.62. The maximum atomic E-state index is 5.62. The van der Waals surface area contributed by atoms with Crippen molar-refractivity contribution in [1.82, 2.24) is 0 Å². The third-order valence-corrected chi connectivity index (χ3v) is 2.67. The average molecular weight is 256 g/mol. The molecule has 2 rings (SSSR count). The van der Waals surface area contributed by atoms with Crippen LogP contribution in [0.2, 0.25) is 0 Å². The lowest BCUT2D eigenvalue weighted by atomic mass is 10.2. The number of rotatable bonds is 5. The minimum Gasteiger partial charge on any atom is -0.491 e. The first kappa shape index (κ1) is 13.3. The molecule has 0 aliphatic heterocycles. The molecule has 0 unspecified atom stereocenters. The van der Waals surface area contributed by atoms with Crippen LogP contribution in [-0.2, 0) is 0 Å². The molecular weight excluding hydrogens is 236 g/mol. The van der Waals surface area contributed by atoms with Crippen molar-refractivity contribution in [3.63, 3.8) is 0 Å². The lowest BCUT2D eigenvalue weighted by molar-refractivity contribution is 0.242. The lowest BCUT2D eigenvalue weighted by Crippen LogP contribution is -2.05. The summed E-state index contributed by atoms with van der Waals surface area (Å²) in [7, 11) is 1.91. The van der Waals surface area contributed by atoms with Crippen molar-refractivity contribution in [3.05, 3.63) is 48.5 Å². The van der Waals surface area contributed by atoms with E-state index in [1.807, 2.05) is 63.4 Å². The molecular formula is C16H20N2O. The first-order valence-corrected chi connectivity index (χ1v) is 6.49. The molecule has 0 bridgehead atoms. The Kier molecular flexibility index (Phi) is 4.29. The van der Waals surface area contributed by atoms with Crippen LogP contribution in [0.3, 0.4) is 0 Å². The molecule has 2 aromatic rings. The highest BCUT2D eigenvalue weighted by atomic mass is 16.5. The molecule has 0 heterocycles. The third kappa shape index (κ3) is 3.91. The highest BCUT2D eigenvalue weighted by Crippen LogP contribution is 2.22. The second-order valence-electron chi connectivity index (χ2n) is 4.65. The molecule has 100 valence electrons. The first-order chi connectivity index (χ1) is 9.17. The predicted molar refractivity (Wildman–Crippen MR) is 81.5 cm³/mol. The summed E-state index contributed by atoms with van der Waals surface area (Å²) in [6, 6.07) is 16.1. The van der Waals surface area contributed by atoms with Gasteiger partial charge in [0.2, 0.25) is 0 Å². The minimum atomic E-state index is 0.200. The van der Waals surface area contributed by atoms with Crippen molar-refractivity contribution < 1.29 is 4.74 Å². The van der Waals surface area contributed by atoms with Crippen LogP contribution in [0.25, 0.3) is 0 Å². The van der Waals surface area contributed by atoms with Gasteiger partial charge in [0, 0.05) is 24.1 Å². The zero-order valence-corrected chi connectivity index (χ0v) is 11.6. The van der Waals surface area contributed by atoms with Crippen LogP contribution in [-0.4, -0.2) is 13.2 Å². The van der Waals surface area contributed by atoms with Gasteiger partial charge in [-0.2, -0.15) is 0 Å². The molecule has 0 saturated carbocycles. The summed E-state index contributed by atoms with van der Waals surface area (Å²) in [6.45, 7) is 4.05. The van der Waals surface area contributed by atoms with Gasteiger partial charge in [0.15, 0.2) is 0 Å². The Balaban J connectivity index is 2.06. The van der Waals surface area contributed by atoms with Crippen molar-refractivity contribution in [2.75, 3.05) is 17.7 Å². The Hall–Kier alpha value is -2.16. The molecule has 0 fully saturated rings. The smallest absolute Gasteiger partial charge is 0.119 e. The standard InChI is InChI=1S/C16H20N2O/c1-12(2)19-16-9-7-13(8-10-16)18-15-6-4-5-14(11-15)17-3/h4-12,17-18H,1-3H3. The Labute approximate surface area is 114 Å². The van der Waals surface area contributed by atoms with E-state index in [2.05, 4.69) is 16.7 Å². The van der Waals surface area contributed by atoms with Crippen LogP contribution >= 0.6 is 0 Å². The van der Waals surface area contributed by atoms with E-state index in [1.54, 1.807) is 0 Å². The highest BCUT2D eigenvalue weighted by molar-refractivity contribution is 5.64. The Morgan fingerprint density at radius 1 is 0.895 bits per heavy atom. The number of nitrogens with one attached hydrogen (secondary N) is 2. The highest BCUT2D eigenvalue weighted by Gasteiger charge is 1.99. The van der Waals surface area contributed by atoms with Gasteiger partial charge in [0.1, 0.15) is 5.75 Å². The summed E-state index contributed by atoms with van der Waals surface area (Å²) in [5.41, 5.74) is 3.19. The van der Waals surface area contributed by atoms with Gasteiger partial charge in [-0.3, -0.25) is 0 Å². The van der Waals surface area contributed by atoms with Crippen LogP contribution in [0.5, 0.6) is 5.75 Å². The SMILES string of the molecule is CNc1cccc(Nc2ccc(OC(C)C)cc2)c1. The maximum Gasteiger partial charge on any atom is 0.119 e. The molecule has 0 saturated heterocycles. The molecule has 3 heteroatoms. The number of hydrogen-bond donors (Lipinski definition) is 2. The second-order valence-corrected chi connectivity index (χ2v) is 4.65. The molecule has 0 amide bonds. The first-order valence-electron chi connectivity index (χ1n) is 6.49. The molecule has 3 nitrogen and oxygen atoms in total. The van der Waals surface area contributed by atoms with Crippen molar-refractivity contribution in [2.45, 2.75) is 20.0 Å². The summed E-state index contributed by atoms with van der Waals surface area (Å²) in [5.74, 6) is 0.893. The van der Waals surface area contributed by atoms with Crippen molar-refractivity contribution >= 4 is 17.1 Å². The van der Waals surface area contributed by atoms with E-state index >= 15 is 0 Å². The van der Waals surface area contributed by atoms with E-state index < -0.39 is 0 Å². The Morgan fingerprint density at radius 3 is 2.21 bits per heavy atom. The summed E-state index contributed by atoms with van der Waals surface area (Å²) >= 11 is 0. The van der Waals surface area contributed by atoms with Gasteiger partial charge in [-0.15, -0.1) is 0 Å². The molecule has 0 aliphatic rings. The van der Waals surface area contributed by atoms with Crippen LogP contribution in [0.15, 0.2) is 48.5 Å². The molecule has 0 aliphatic carbocycles. The van der Waals surface area contributed by atoms with E-state index in [0.717, 1.165) is 22.8 Å². The molecule has 0 spiro atoms. The van der Waals surface area contributed by atoms with Gasteiger partial charge in [-0.1, -0.05) is 6.07 Å². The lowest BCUT2D eigenvalue weighted by Gasteiger charge is -2.11. The fourth-order valence-corrected chi connectivity index (χ4v) is 1.81. The van der Waals surface area contributed by atoms with E-state index in [9.17, 15) is 0 Å². The van der Waals surface area contributed by atoms with Crippen molar-refractivity contribution in [1.29, 1.82) is 0 Å². The van der Waals surface area contributed by atoms with Crippen molar-refractivity contribution in [2.24, 2.45) is 0 Å². The Morgan fingerprint density at radius 2 is 1.58 bits per heavy atom. The molecule has 0 aromatic heterocycles. The zero-order chi connectivity index (χ0) is 13.7. The monoisotopic (exact) mass is 256 g/mol. The largest absolute Gasteiger partial charge is 0.491 e. The number of anilines is 3. The molecule has 0 radical (unpaired) electrons. The van der Waals surface area contributed by atoms with E-state index in [4.69, 9.17) is 4.74 Å². The van der Waals surface area contributed by atoms with Gasteiger partial charge in [-0.05, 0) is 56.3 Å². The van der Waals surface area contributed by atoms with Gasteiger partial charge < -0.3 is 15.4 Å². The van der Waals surface area contributed by atoms with Gasteiger partial charge >= 0.3 is 0 Å². The summed E-state index contributed by atoms with van der Waals surface area (Å²) in [5, 5.41) is 6.49. The molecule has 2 N–H and O–H groups in total. The summed E-state index contributed by atoms with van der Waals surface area (Å²) < 4.78 is 5.62. The summed E-state index contributed by atoms with van der Waals surface area (Å²) in [6.07, 6.45) is 0.200. The van der Waals surface area contributed by atoms with Crippen molar-refractivity contribution in [3.8, 4) is 5.75 Å². The van der Waals surface area contributed by atoms with Crippen LogP contribution in [0.1, 0.15) is 13.8 Å². The summed E-state index contributed by atoms with van der Waals surface area (Å²) in [4.78, 5) is 0. The van der Waals surface area contributed by atoms with Gasteiger partial charge in [-0.25, -0.2) is 0 Å². The molecule has 19 heavy (non-hydrogen) atoms. The number of hydrogen-bond acceptors (Lipinski definition) is 3. The quantitative estimate of drug-likeness (QED) is 0.838. The fraction of sp³-hybridized carbons (Fsp3) is 0.250. The third-order valence-electron chi connectivity index (χ3n) is 2.67. The van der Waals surface area contributed by atoms with Crippen LogP contribution < -0.4 is 15.4 Å². The number of ether oxygens (including phenoxy) is 1. The van der Waals surface area contributed by atoms with Gasteiger partial charge in [0.05, 0.1) is 6.10 Å². The second kappa shape index (κ2) is 6.14. The fourth-order valence-electron chi connectivity index (χ4n) is 1.81. The minimum absolute atomic E-state index is 0.200. The molecule has 2 aromatic carbocycles. The van der Waals surface area contributed by atoms with Crippen LogP contribution in [0, 0.1) is 0 Å². The predicted octanol–water partition coefficient (Wildman–Crippen LogP) is 4.26. The Bertz CT molecular complexity index is 521. The van der Waals surface area contributed by atoms with Crippen LogP contribution in [0.4, 0.5) is 17.1 Å². The normalized spacial score (nSPS) is 10.3. The number of benzene rings is 2. The topological polar surface area (TPSA) is 33.3 Å². The zero-order valence-electron chi connectivity index (χ0n) is 11.6. The molecule has 0 atom stereocenters. The van der Waals surface area contributed by atoms with Gasteiger partial charge in [0.25, 0.3) is 0 Å². The average Bonchev–Trinajstić information content (AvgIpc) is 2.41.